The smallest absolute Gasteiger partial charge is 0.240 e. The number of rotatable bonds is 1. The van der Waals surface area contributed by atoms with E-state index in [0.717, 1.165) is 0 Å². The molecule has 0 radical (unpaired) electrons. The van der Waals surface area contributed by atoms with Crippen LogP contribution in [0.1, 0.15) is 5.56 Å². The second-order valence-electron chi connectivity index (χ2n) is 2.45. The van der Waals surface area contributed by atoms with Gasteiger partial charge in [-0.25, -0.2) is 4.98 Å². The summed E-state index contributed by atoms with van der Waals surface area (Å²) in [5.41, 5.74) is -1.25. The van der Waals surface area contributed by atoms with Gasteiger partial charge in [0.05, 0.1) is 10.6 Å². The highest BCUT2D eigenvalue weighted by atomic mass is 35.5. The standard InChI is InChI=1S/C6H2ClF4NO2S/c7-4-1-3(6(8,9)10)2-12-5(4)15(11,13)14/h1-2H. The predicted molar refractivity (Wildman–Crippen MR) is 42.5 cm³/mol. The number of pyridine rings is 1. The van der Waals surface area contributed by atoms with Gasteiger partial charge >= 0.3 is 16.4 Å². The molecule has 0 bridgehead atoms. The summed E-state index contributed by atoms with van der Waals surface area (Å²) in [6.45, 7) is 0. The van der Waals surface area contributed by atoms with Gasteiger partial charge in [0.1, 0.15) is 0 Å². The first-order chi connectivity index (χ1) is 6.62. The molecule has 0 aromatic carbocycles. The topological polar surface area (TPSA) is 47.0 Å². The molecule has 3 nitrogen and oxygen atoms in total. The lowest BCUT2D eigenvalue weighted by Gasteiger charge is -2.06. The van der Waals surface area contributed by atoms with Crippen LogP contribution in [0.15, 0.2) is 17.3 Å². The third-order valence-corrected chi connectivity index (χ3v) is 2.55. The molecule has 0 amide bonds. The molecule has 9 heteroatoms. The number of hydrogen-bond donors (Lipinski definition) is 0. The van der Waals surface area contributed by atoms with Gasteiger partial charge in [-0.05, 0) is 6.07 Å². The van der Waals surface area contributed by atoms with E-state index in [1.165, 1.54) is 0 Å². The van der Waals surface area contributed by atoms with E-state index in [2.05, 4.69) is 4.98 Å². The maximum absolute atomic E-state index is 12.4. The summed E-state index contributed by atoms with van der Waals surface area (Å²) in [7, 11) is -5.21. The van der Waals surface area contributed by atoms with E-state index in [4.69, 9.17) is 11.6 Å². The van der Waals surface area contributed by atoms with Gasteiger partial charge in [-0.3, -0.25) is 0 Å². The highest BCUT2D eigenvalue weighted by Crippen LogP contribution is 2.32. The Morgan fingerprint density at radius 1 is 1.33 bits per heavy atom. The quantitative estimate of drug-likeness (QED) is 0.577. The van der Waals surface area contributed by atoms with Crippen molar-refractivity contribution in [3.8, 4) is 0 Å². The summed E-state index contributed by atoms with van der Waals surface area (Å²) in [4.78, 5) is 2.80. The van der Waals surface area contributed by atoms with Crippen LogP contribution in [0.3, 0.4) is 0 Å². The van der Waals surface area contributed by atoms with E-state index in [1.807, 2.05) is 0 Å². The van der Waals surface area contributed by atoms with Crippen LogP contribution < -0.4 is 0 Å². The minimum absolute atomic E-state index is 0.193. The molecule has 1 aromatic heterocycles. The SMILES string of the molecule is O=S(=O)(F)c1ncc(C(F)(F)F)cc1Cl. The lowest BCUT2D eigenvalue weighted by Crippen LogP contribution is -2.07. The summed E-state index contributed by atoms with van der Waals surface area (Å²) >= 11 is 5.14. The van der Waals surface area contributed by atoms with Crippen LogP contribution in [0, 0.1) is 0 Å². The fourth-order valence-electron chi connectivity index (χ4n) is 0.760. The Labute approximate surface area is 86.9 Å². The Morgan fingerprint density at radius 3 is 2.20 bits per heavy atom. The monoisotopic (exact) mass is 263 g/mol. The first-order valence-electron chi connectivity index (χ1n) is 3.30. The van der Waals surface area contributed by atoms with Crippen LogP contribution in [0.5, 0.6) is 0 Å². The molecule has 0 saturated heterocycles. The van der Waals surface area contributed by atoms with Gasteiger partial charge in [-0.15, -0.1) is 0 Å². The molecule has 0 saturated carbocycles. The molecule has 0 aliphatic rings. The fraction of sp³-hybridized carbons (Fsp3) is 0.167. The van der Waals surface area contributed by atoms with E-state index in [0.29, 0.717) is 6.07 Å². The number of halogens is 5. The molecule has 84 valence electrons. The van der Waals surface area contributed by atoms with Crippen molar-refractivity contribution in [3.63, 3.8) is 0 Å². The predicted octanol–water partition coefficient (Wildman–Crippen LogP) is 2.41. The minimum atomic E-state index is -5.21. The van der Waals surface area contributed by atoms with Crippen LogP contribution in [-0.4, -0.2) is 13.4 Å². The molecule has 0 aliphatic heterocycles. The third-order valence-electron chi connectivity index (χ3n) is 1.37. The van der Waals surface area contributed by atoms with Crippen molar-refractivity contribution >= 4 is 21.8 Å². The average molecular weight is 264 g/mol. The highest BCUT2D eigenvalue weighted by Gasteiger charge is 2.32. The molecule has 1 rings (SSSR count). The molecule has 1 aromatic rings. The average Bonchev–Trinajstić information content (AvgIpc) is 1.99. The number of hydrogen-bond acceptors (Lipinski definition) is 3. The van der Waals surface area contributed by atoms with Crippen LogP contribution >= 0.6 is 11.6 Å². The molecular weight excluding hydrogens is 262 g/mol. The Bertz CT molecular complexity index is 484. The second-order valence-corrected chi connectivity index (χ2v) is 4.12. The maximum atomic E-state index is 12.4. The van der Waals surface area contributed by atoms with Crippen molar-refractivity contribution in [1.29, 1.82) is 0 Å². The number of alkyl halides is 3. The minimum Gasteiger partial charge on any atom is -0.240 e. The van der Waals surface area contributed by atoms with Crippen molar-refractivity contribution in [3.05, 3.63) is 22.8 Å². The highest BCUT2D eigenvalue weighted by molar-refractivity contribution is 7.86. The van der Waals surface area contributed by atoms with Crippen molar-refractivity contribution in [2.24, 2.45) is 0 Å². The van der Waals surface area contributed by atoms with Gasteiger partial charge in [0.2, 0.25) is 5.03 Å². The van der Waals surface area contributed by atoms with Crippen molar-refractivity contribution in [2.75, 3.05) is 0 Å². The first-order valence-corrected chi connectivity index (χ1v) is 5.06. The Morgan fingerprint density at radius 2 is 1.87 bits per heavy atom. The van der Waals surface area contributed by atoms with E-state index in [-0.39, 0.29) is 6.20 Å². The van der Waals surface area contributed by atoms with Gasteiger partial charge < -0.3 is 0 Å². The van der Waals surface area contributed by atoms with Gasteiger partial charge in [-0.2, -0.15) is 21.6 Å². The molecule has 0 atom stereocenters. The van der Waals surface area contributed by atoms with Crippen molar-refractivity contribution in [1.82, 2.24) is 4.98 Å². The van der Waals surface area contributed by atoms with Crippen molar-refractivity contribution in [2.45, 2.75) is 11.2 Å². The van der Waals surface area contributed by atoms with Crippen LogP contribution in [-0.2, 0) is 16.4 Å². The van der Waals surface area contributed by atoms with E-state index in [9.17, 15) is 25.5 Å². The Hall–Kier alpha value is -0.890. The zero-order chi connectivity index (χ0) is 11.9. The molecular formula is C6H2ClF4NO2S. The zero-order valence-corrected chi connectivity index (χ0v) is 8.29. The van der Waals surface area contributed by atoms with Gasteiger partial charge in [0, 0.05) is 6.20 Å². The summed E-state index contributed by atoms with van der Waals surface area (Å²) in [5.74, 6) is 0. The van der Waals surface area contributed by atoms with Crippen LogP contribution in [0.25, 0.3) is 0 Å². The number of aromatic nitrogens is 1. The first kappa shape index (κ1) is 12.2. The van der Waals surface area contributed by atoms with Crippen LogP contribution in [0.4, 0.5) is 17.1 Å². The zero-order valence-electron chi connectivity index (χ0n) is 6.72. The molecule has 0 spiro atoms. The molecule has 0 N–H and O–H groups in total. The van der Waals surface area contributed by atoms with E-state index >= 15 is 0 Å². The largest absolute Gasteiger partial charge is 0.417 e. The third kappa shape index (κ3) is 2.78. The summed E-state index contributed by atoms with van der Waals surface area (Å²) in [6, 6.07) is 0.293. The van der Waals surface area contributed by atoms with Crippen LogP contribution in [0.2, 0.25) is 5.02 Å². The summed E-state index contributed by atoms with van der Waals surface area (Å²) < 4.78 is 69.2. The fourth-order valence-corrected chi connectivity index (χ4v) is 1.67. The van der Waals surface area contributed by atoms with Gasteiger partial charge in [0.15, 0.2) is 0 Å². The van der Waals surface area contributed by atoms with E-state index < -0.39 is 32.0 Å². The summed E-state index contributed by atoms with van der Waals surface area (Å²) in [5, 5.41) is -2.13. The van der Waals surface area contributed by atoms with Crippen molar-refractivity contribution < 1.29 is 25.5 Å². The molecule has 0 aliphatic carbocycles. The normalized spacial score (nSPS) is 12.9. The molecule has 15 heavy (non-hydrogen) atoms. The lowest BCUT2D eigenvalue weighted by atomic mass is 10.3. The Kier molecular flexibility index (Phi) is 2.92. The molecule has 1 heterocycles. The number of nitrogens with zero attached hydrogens (tertiary/aromatic N) is 1. The maximum Gasteiger partial charge on any atom is 0.417 e. The van der Waals surface area contributed by atoms with E-state index in [1.54, 1.807) is 0 Å². The van der Waals surface area contributed by atoms with Gasteiger partial charge in [-0.1, -0.05) is 15.5 Å². The van der Waals surface area contributed by atoms with Gasteiger partial charge in [0.25, 0.3) is 0 Å². The lowest BCUT2D eigenvalue weighted by molar-refractivity contribution is -0.137. The Balaban J connectivity index is 3.34. The molecule has 0 fully saturated rings. The molecule has 0 unspecified atom stereocenters. The summed E-state index contributed by atoms with van der Waals surface area (Å²) in [6.07, 6.45) is -4.52. The second kappa shape index (κ2) is 3.60.